The lowest BCUT2D eigenvalue weighted by molar-refractivity contribution is 0.0694. The molecule has 4 nitrogen and oxygen atoms in total. The summed E-state index contributed by atoms with van der Waals surface area (Å²) in [5.41, 5.74) is 6.81. The number of carboxylic acid groups (broad SMARTS) is 1. The molecule has 19 heavy (non-hydrogen) atoms. The Morgan fingerprint density at radius 1 is 1.21 bits per heavy atom. The molecule has 0 saturated carbocycles. The molecule has 98 valence electrons. The Morgan fingerprint density at radius 3 is 2.63 bits per heavy atom. The Bertz CT molecular complexity index is 641. The highest BCUT2D eigenvalue weighted by molar-refractivity contribution is 6.30. The topological polar surface area (TPSA) is 72.5 Å². The number of halogens is 1. The first-order valence-corrected chi connectivity index (χ1v) is 5.92. The zero-order chi connectivity index (χ0) is 14.0. The van der Waals surface area contributed by atoms with Crippen LogP contribution in [0, 0.1) is 6.92 Å². The highest BCUT2D eigenvalue weighted by Crippen LogP contribution is 2.31. The van der Waals surface area contributed by atoms with Crippen LogP contribution in [0.5, 0.6) is 11.5 Å². The number of nitrogens with two attached hydrogens (primary N) is 1. The minimum absolute atomic E-state index is 0.0133. The fourth-order valence-electron chi connectivity index (χ4n) is 1.61. The van der Waals surface area contributed by atoms with E-state index < -0.39 is 5.97 Å². The summed E-state index contributed by atoms with van der Waals surface area (Å²) in [4.78, 5) is 11.2. The molecular weight excluding hydrogens is 266 g/mol. The molecular formula is C14H12ClNO3. The van der Waals surface area contributed by atoms with Crippen LogP contribution in [0.15, 0.2) is 36.4 Å². The van der Waals surface area contributed by atoms with Crippen molar-refractivity contribution in [1.82, 2.24) is 0 Å². The lowest BCUT2D eigenvalue weighted by Crippen LogP contribution is -2.02. The molecule has 0 saturated heterocycles. The molecule has 3 N–H and O–H groups in total. The van der Waals surface area contributed by atoms with E-state index in [0.29, 0.717) is 16.5 Å². The van der Waals surface area contributed by atoms with Crippen LogP contribution in [0.2, 0.25) is 5.02 Å². The van der Waals surface area contributed by atoms with E-state index in [-0.39, 0.29) is 11.3 Å². The highest BCUT2D eigenvalue weighted by atomic mass is 35.5. The van der Waals surface area contributed by atoms with Crippen molar-refractivity contribution in [2.75, 3.05) is 5.73 Å². The first-order valence-electron chi connectivity index (χ1n) is 5.54. The van der Waals surface area contributed by atoms with Gasteiger partial charge in [0.05, 0.1) is 0 Å². The number of carboxylic acids is 1. The van der Waals surface area contributed by atoms with E-state index >= 15 is 0 Å². The van der Waals surface area contributed by atoms with Crippen LogP contribution in [-0.2, 0) is 0 Å². The van der Waals surface area contributed by atoms with Crippen molar-refractivity contribution in [1.29, 1.82) is 0 Å². The zero-order valence-corrected chi connectivity index (χ0v) is 10.9. The minimum Gasteiger partial charge on any atom is -0.478 e. The van der Waals surface area contributed by atoms with Crippen LogP contribution < -0.4 is 10.5 Å². The van der Waals surface area contributed by atoms with Crippen LogP contribution in [0.25, 0.3) is 0 Å². The van der Waals surface area contributed by atoms with Crippen LogP contribution in [0.1, 0.15) is 15.9 Å². The quantitative estimate of drug-likeness (QED) is 0.839. The number of ether oxygens (including phenoxy) is 1. The Morgan fingerprint density at radius 2 is 1.95 bits per heavy atom. The fraction of sp³-hybridized carbons (Fsp3) is 0.0714. The normalized spacial score (nSPS) is 10.2. The van der Waals surface area contributed by atoms with Crippen LogP contribution in [-0.4, -0.2) is 11.1 Å². The number of anilines is 1. The van der Waals surface area contributed by atoms with Crippen molar-refractivity contribution in [2.24, 2.45) is 0 Å². The minimum atomic E-state index is -1.10. The van der Waals surface area contributed by atoms with Gasteiger partial charge in [-0.2, -0.15) is 0 Å². The molecule has 2 aromatic rings. The van der Waals surface area contributed by atoms with Crippen LogP contribution in [0.4, 0.5) is 5.69 Å². The van der Waals surface area contributed by atoms with Crippen molar-refractivity contribution in [3.8, 4) is 11.5 Å². The van der Waals surface area contributed by atoms with E-state index in [2.05, 4.69) is 0 Å². The first-order chi connectivity index (χ1) is 8.97. The number of benzene rings is 2. The van der Waals surface area contributed by atoms with Gasteiger partial charge in [-0.3, -0.25) is 0 Å². The summed E-state index contributed by atoms with van der Waals surface area (Å²) >= 11 is 5.89. The molecule has 0 aliphatic rings. The van der Waals surface area contributed by atoms with Crippen LogP contribution >= 0.6 is 11.6 Å². The lowest BCUT2D eigenvalue weighted by atomic mass is 10.1. The fourth-order valence-corrected chi connectivity index (χ4v) is 1.77. The maximum absolute atomic E-state index is 11.2. The second kappa shape index (κ2) is 5.20. The van der Waals surface area contributed by atoms with Gasteiger partial charge < -0.3 is 15.6 Å². The van der Waals surface area contributed by atoms with Gasteiger partial charge >= 0.3 is 5.97 Å². The Kier molecular flexibility index (Phi) is 3.62. The number of nitrogen functional groups attached to an aromatic ring is 1. The van der Waals surface area contributed by atoms with Crippen molar-refractivity contribution < 1.29 is 14.6 Å². The SMILES string of the molecule is Cc1ccc(Cl)cc1Oc1ccc(N)cc1C(=O)O. The van der Waals surface area contributed by atoms with E-state index in [9.17, 15) is 4.79 Å². The molecule has 0 aliphatic heterocycles. The number of rotatable bonds is 3. The van der Waals surface area contributed by atoms with Gasteiger partial charge in [0.25, 0.3) is 0 Å². The average Bonchev–Trinajstić information content (AvgIpc) is 2.35. The standard InChI is InChI=1S/C14H12ClNO3/c1-8-2-3-9(15)6-13(8)19-12-5-4-10(16)7-11(12)14(17)18/h2-7H,16H2,1H3,(H,17,18). The molecule has 2 rings (SSSR count). The van der Waals surface area contributed by atoms with Gasteiger partial charge in [-0.05, 0) is 42.8 Å². The van der Waals surface area contributed by atoms with E-state index in [0.717, 1.165) is 5.56 Å². The lowest BCUT2D eigenvalue weighted by Gasteiger charge is -2.11. The van der Waals surface area contributed by atoms with Crippen molar-refractivity contribution >= 4 is 23.3 Å². The Hall–Kier alpha value is -2.20. The smallest absolute Gasteiger partial charge is 0.339 e. The monoisotopic (exact) mass is 277 g/mol. The van der Waals surface area contributed by atoms with Gasteiger partial charge in [0, 0.05) is 10.7 Å². The predicted molar refractivity (Wildman–Crippen MR) is 74.1 cm³/mol. The van der Waals surface area contributed by atoms with E-state index in [1.54, 1.807) is 24.3 Å². The third kappa shape index (κ3) is 2.98. The molecule has 5 heteroatoms. The van der Waals surface area contributed by atoms with Gasteiger partial charge in [0.1, 0.15) is 17.1 Å². The molecule has 2 aromatic carbocycles. The largest absolute Gasteiger partial charge is 0.478 e. The summed E-state index contributed by atoms with van der Waals surface area (Å²) < 4.78 is 5.62. The number of aromatic carboxylic acids is 1. The molecule has 0 radical (unpaired) electrons. The van der Waals surface area contributed by atoms with Gasteiger partial charge in [-0.25, -0.2) is 4.79 Å². The molecule has 0 heterocycles. The number of carbonyl (C=O) groups is 1. The molecule has 0 spiro atoms. The van der Waals surface area contributed by atoms with Crippen molar-refractivity contribution in [2.45, 2.75) is 6.92 Å². The van der Waals surface area contributed by atoms with Gasteiger partial charge in [0.2, 0.25) is 0 Å². The second-order valence-electron chi connectivity index (χ2n) is 4.07. The average molecular weight is 278 g/mol. The second-order valence-corrected chi connectivity index (χ2v) is 4.51. The molecule has 0 atom stereocenters. The number of aryl methyl sites for hydroxylation is 1. The summed E-state index contributed by atoms with van der Waals surface area (Å²) in [6, 6.07) is 9.65. The van der Waals surface area contributed by atoms with Crippen LogP contribution in [0.3, 0.4) is 0 Å². The number of hydrogen-bond donors (Lipinski definition) is 2. The number of hydrogen-bond acceptors (Lipinski definition) is 3. The Balaban J connectivity index is 2.43. The summed E-state index contributed by atoms with van der Waals surface area (Å²) in [5, 5.41) is 9.65. The summed E-state index contributed by atoms with van der Waals surface area (Å²) in [6.45, 7) is 1.85. The Labute approximate surface area is 115 Å². The van der Waals surface area contributed by atoms with Crippen molar-refractivity contribution in [3.63, 3.8) is 0 Å². The van der Waals surface area contributed by atoms with E-state index in [4.69, 9.17) is 27.2 Å². The highest BCUT2D eigenvalue weighted by Gasteiger charge is 2.13. The first kappa shape index (κ1) is 13.2. The maximum atomic E-state index is 11.2. The third-order valence-corrected chi connectivity index (χ3v) is 2.84. The summed E-state index contributed by atoms with van der Waals surface area (Å²) in [7, 11) is 0. The van der Waals surface area contributed by atoms with Gasteiger partial charge in [0.15, 0.2) is 0 Å². The molecule has 0 aliphatic carbocycles. The molecule has 0 amide bonds. The summed E-state index contributed by atoms with van der Waals surface area (Å²) in [6.07, 6.45) is 0. The maximum Gasteiger partial charge on any atom is 0.339 e. The molecule has 0 aromatic heterocycles. The van der Waals surface area contributed by atoms with Gasteiger partial charge in [-0.1, -0.05) is 17.7 Å². The third-order valence-electron chi connectivity index (χ3n) is 2.60. The zero-order valence-electron chi connectivity index (χ0n) is 10.2. The molecule has 0 unspecified atom stereocenters. The van der Waals surface area contributed by atoms with Gasteiger partial charge in [-0.15, -0.1) is 0 Å². The summed E-state index contributed by atoms with van der Waals surface area (Å²) in [5.74, 6) is -0.353. The van der Waals surface area contributed by atoms with E-state index in [1.165, 1.54) is 12.1 Å². The van der Waals surface area contributed by atoms with Crippen molar-refractivity contribution in [3.05, 3.63) is 52.5 Å². The molecule has 0 bridgehead atoms. The van der Waals surface area contributed by atoms with E-state index in [1.807, 2.05) is 6.92 Å². The predicted octanol–water partition coefficient (Wildman–Crippen LogP) is 3.72. The molecule has 0 fully saturated rings.